The van der Waals surface area contributed by atoms with Crippen molar-refractivity contribution < 1.29 is 2.74 Å². The Kier molecular flexibility index (Phi) is 1.31. The molecule has 2 N–H and O–H groups in total. The predicted molar refractivity (Wildman–Crippen MR) is 52.0 cm³/mol. The molecule has 0 aliphatic carbocycles. The topological polar surface area (TPSA) is 38.9 Å². The Bertz CT molecular complexity index is 468. The number of aromatic nitrogens is 1. The van der Waals surface area contributed by atoms with E-state index in [0.29, 0.717) is 10.6 Å². The third kappa shape index (κ3) is 1.19. The molecule has 1 aromatic heterocycles. The van der Waals surface area contributed by atoms with Crippen LogP contribution in [0.2, 0.25) is 0 Å². The third-order valence-electron chi connectivity index (χ3n) is 1.56. The van der Waals surface area contributed by atoms with E-state index in [4.69, 9.17) is 8.48 Å². The molecule has 1 aromatic carbocycles. The van der Waals surface area contributed by atoms with E-state index >= 15 is 0 Å². The SMILES string of the molecule is [2H]c1nc([2H])c(-c2ccccc2N)s1. The molecule has 2 rings (SSSR count). The van der Waals surface area contributed by atoms with Crippen LogP contribution in [0.4, 0.5) is 5.69 Å². The summed E-state index contributed by atoms with van der Waals surface area (Å²) in [6.45, 7) is 0. The highest BCUT2D eigenvalue weighted by molar-refractivity contribution is 7.13. The van der Waals surface area contributed by atoms with Crippen molar-refractivity contribution in [1.29, 1.82) is 0 Å². The van der Waals surface area contributed by atoms with E-state index in [0.717, 1.165) is 5.56 Å². The first-order valence-corrected chi connectivity index (χ1v) is 4.29. The lowest BCUT2D eigenvalue weighted by Crippen LogP contribution is -1.86. The van der Waals surface area contributed by atoms with Crippen LogP contribution in [0.25, 0.3) is 10.4 Å². The van der Waals surface area contributed by atoms with Gasteiger partial charge in [-0.2, -0.15) is 0 Å². The molecule has 60 valence electrons. The highest BCUT2D eigenvalue weighted by Crippen LogP contribution is 2.27. The van der Waals surface area contributed by atoms with Gasteiger partial charge in [-0.15, -0.1) is 11.3 Å². The van der Waals surface area contributed by atoms with Gasteiger partial charge in [-0.25, -0.2) is 0 Å². The maximum atomic E-state index is 7.55. The number of thiazole rings is 1. The van der Waals surface area contributed by atoms with Crippen molar-refractivity contribution in [3.8, 4) is 10.4 Å². The van der Waals surface area contributed by atoms with Crippen LogP contribution in [-0.2, 0) is 0 Å². The highest BCUT2D eigenvalue weighted by atomic mass is 32.1. The van der Waals surface area contributed by atoms with Crippen LogP contribution in [0.15, 0.2) is 35.9 Å². The van der Waals surface area contributed by atoms with Gasteiger partial charge in [-0.1, -0.05) is 18.2 Å². The summed E-state index contributed by atoms with van der Waals surface area (Å²) < 4.78 is 14.9. The number of nitrogens with zero attached hydrogens (tertiary/aromatic N) is 1. The average Bonchev–Trinajstić information content (AvgIpc) is 2.46. The molecule has 0 aliphatic rings. The standard InChI is InChI=1S/C9H8N2S/c10-8-4-2-1-3-7(8)9-5-11-6-12-9/h1-6H,10H2/i5D,6D. The summed E-state index contributed by atoms with van der Waals surface area (Å²) in [6.07, 6.45) is 0.123. The van der Waals surface area contributed by atoms with Crippen molar-refractivity contribution in [1.82, 2.24) is 4.98 Å². The molecule has 0 spiro atoms. The molecular weight excluding hydrogens is 168 g/mol. The third-order valence-corrected chi connectivity index (χ3v) is 2.25. The largest absolute Gasteiger partial charge is 0.398 e. The van der Waals surface area contributed by atoms with Gasteiger partial charge >= 0.3 is 0 Å². The number of hydrogen-bond donors (Lipinski definition) is 1. The lowest BCUT2D eigenvalue weighted by molar-refractivity contribution is 1.42. The minimum Gasteiger partial charge on any atom is -0.398 e. The fraction of sp³-hybridized carbons (Fsp3) is 0. The number of nitrogen functional groups attached to an aromatic ring is 1. The molecule has 2 aromatic rings. The lowest BCUT2D eigenvalue weighted by atomic mass is 10.1. The smallest absolute Gasteiger partial charge is 0.0960 e. The zero-order valence-electron chi connectivity index (χ0n) is 8.24. The predicted octanol–water partition coefficient (Wildman–Crippen LogP) is 2.39. The fourth-order valence-corrected chi connectivity index (χ4v) is 1.55. The molecule has 0 aliphatic heterocycles. The Morgan fingerprint density at radius 3 is 2.92 bits per heavy atom. The van der Waals surface area contributed by atoms with E-state index in [1.165, 1.54) is 11.3 Å². The number of rotatable bonds is 1. The summed E-state index contributed by atoms with van der Waals surface area (Å²) in [7, 11) is 0. The van der Waals surface area contributed by atoms with Crippen molar-refractivity contribution in [3.05, 3.63) is 35.9 Å². The van der Waals surface area contributed by atoms with Crippen LogP contribution in [0.3, 0.4) is 0 Å². The summed E-state index contributed by atoms with van der Waals surface area (Å²) in [6, 6.07) is 7.30. The quantitative estimate of drug-likeness (QED) is 0.681. The summed E-state index contributed by atoms with van der Waals surface area (Å²) in [5, 5.41) is 0. The Morgan fingerprint density at radius 2 is 2.25 bits per heavy atom. The molecule has 12 heavy (non-hydrogen) atoms. The van der Waals surface area contributed by atoms with E-state index in [9.17, 15) is 0 Å². The van der Waals surface area contributed by atoms with Gasteiger partial charge in [0.25, 0.3) is 0 Å². The molecular formula is C9H8N2S. The molecule has 2 nitrogen and oxygen atoms in total. The van der Waals surface area contributed by atoms with Crippen LogP contribution < -0.4 is 5.73 Å². The summed E-state index contributed by atoms with van der Waals surface area (Å²) in [5.74, 6) is 0. The van der Waals surface area contributed by atoms with Gasteiger partial charge in [-0.05, 0) is 6.07 Å². The first-order valence-electron chi connectivity index (χ1n) is 4.47. The summed E-state index contributed by atoms with van der Waals surface area (Å²) >= 11 is 1.17. The molecule has 0 fully saturated rings. The minimum atomic E-state index is 0.123. The van der Waals surface area contributed by atoms with Crippen LogP contribution in [0, 0.1) is 0 Å². The van der Waals surface area contributed by atoms with Crippen LogP contribution in [-0.4, -0.2) is 4.98 Å². The zero-order valence-corrected chi connectivity index (χ0v) is 7.06. The monoisotopic (exact) mass is 178 g/mol. The van der Waals surface area contributed by atoms with E-state index < -0.39 is 0 Å². The number of hydrogen-bond acceptors (Lipinski definition) is 3. The zero-order chi connectivity index (χ0) is 10.1. The molecule has 0 radical (unpaired) electrons. The second-order valence-corrected chi connectivity index (χ2v) is 3.13. The molecule has 1 heterocycles. The van der Waals surface area contributed by atoms with Crippen molar-refractivity contribution >= 4 is 17.0 Å². The molecule has 0 bridgehead atoms. The van der Waals surface area contributed by atoms with Gasteiger partial charge in [0.2, 0.25) is 0 Å². The van der Waals surface area contributed by atoms with Gasteiger partial charge in [-0.3, -0.25) is 4.98 Å². The number of nitrogens with two attached hydrogens (primary N) is 1. The van der Waals surface area contributed by atoms with Gasteiger partial charge in [0.15, 0.2) is 0 Å². The van der Waals surface area contributed by atoms with Crippen molar-refractivity contribution in [2.45, 2.75) is 0 Å². The summed E-state index contributed by atoms with van der Waals surface area (Å²) in [4.78, 5) is 4.39. The number of para-hydroxylation sites is 1. The fourth-order valence-electron chi connectivity index (χ4n) is 0.984. The van der Waals surface area contributed by atoms with Gasteiger partial charge in [0, 0.05) is 17.4 Å². The van der Waals surface area contributed by atoms with Gasteiger partial charge < -0.3 is 5.73 Å². The van der Waals surface area contributed by atoms with Crippen LogP contribution in [0.5, 0.6) is 0 Å². The minimum absolute atomic E-state index is 0.123. The van der Waals surface area contributed by atoms with E-state index in [1.54, 1.807) is 6.07 Å². The van der Waals surface area contributed by atoms with Crippen molar-refractivity contribution in [2.24, 2.45) is 0 Å². The molecule has 0 unspecified atom stereocenters. The van der Waals surface area contributed by atoms with Crippen LogP contribution >= 0.6 is 11.3 Å². The molecule has 3 heteroatoms. The maximum Gasteiger partial charge on any atom is 0.0960 e. The second kappa shape index (κ2) is 2.95. The molecule has 0 saturated carbocycles. The normalized spacial score (nSPS) is 12.3. The number of benzene rings is 1. The van der Waals surface area contributed by atoms with Crippen molar-refractivity contribution in [2.75, 3.05) is 5.73 Å². The van der Waals surface area contributed by atoms with Gasteiger partial charge in [0.1, 0.15) is 0 Å². The first-order chi connectivity index (χ1) is 6.68. The lowest BCUT2D eigenvalue weighted by Gasteiger charge is -1.99. The first kappa shape index (κ1) is 5.32. The van der Waals surface area contributed by atoms with Gasteiger partial charge in [0.05, 0.1) is 13.1 Å². The Morgan fingerprint density at radius 1 is 1.42 bits per heavy atom. The second-order valence-electron chi connectivity index (χ2n) is 2.33. The van der Waals surface area contributed by atoms with Crippen molar-refractivity contribution in [3.63, 3.8) is 0 Å². The highest BCUT2D eigenvalue weighted by Gasteiger charge is 2.01. The summed E-state index contributed by atoms with van der Waals surface area (Å²) in [5.41, 5.74) is 7.31. The van der Waals surface area contributed by atoms with E-state index in [-0.39, 0.29) is 11.7 Å². The van der Waals surface area contributed by atoms with Crippen LogP contribution in [0.1, 0.15) is 2.74 Å². The Hall–Kier alpha value is -1.35. The number of anilines is 1. The Balaban J connectivity index is 2.60. The molecule has 0 saturated heterocycles. The molecule has 0 atom stereocenters. The average molecular weight is 178 g/mol. The Labute approximate surface area is 77.5 Å². The van der Waals surface area contributed by atoms with E-state index in [1.807, 2.05) is 18.2 Å². The van der Waals surface area contributed by atoms with E-state index in [2.05, 4.69) is 4.98 Å². The maximum absolute atomic E-state index is 7.55. The molecule has 0 amide bonds.